The third-order valence-corrected chi connectivity index (χ3v) is 7.42. The van der Waals surface area contributed by atoms with E-state index < -0.39 is 0 Å². The molecule has 134 valence electrons. The Morgan fingerprint density at radius 1 is 1.12 bits per heavy atom. The number of benzene rings is 1. The zero-order valence-electron chi connectivity index (χ0n) is 14.1. The molecule has 2 aliphatic heterocycles. The minimum absolute atomic E-state index is 0.126. The molecule has 2 aliphatic rings. The van der Waals surface area contributed by atoms with Gasteiger partial charge in [-0.25, -0.2) is 4.39 Å². The Morgan fingerprint density at radius 3 is 2.58 bits per heavy atom. The van der Waals surface area contributed by atoms with Gasteiger partial charge in [0.1, 0.15) is 5.82 Å². The third kappa shape index (κ3) is 4.88. The van der Waals surface area contributed by atoms with Crippen molar-refractivity contribution in [3.8, 4) is 0 Å². The number of hydrogen-bond acceptors (Lipinski definition) is 5. The van der Waals surface area contributed by atoms with Crippen LogP contribution in [0.25, 0.3) is 0 Å². The Hall–Kier alpha value is -0.270. The predicted molar refractivity (Wildman–Crippen MR) is 102 cm³/mol. The second kappa shape index (κ2) is 9.43. The van der Waals surface area contributed by atoms with Gasteiger partial charge in [0, 0.05) is 73.4 Å². The van der Waals surface area contributed by atoms with E-state index >= 15 is 0 Å². The Kier molecular flexibility index (Phi) is 7.28. The van der Waals surface area contributed by atoms with Crippen LogP contribution in [0.3, 0.4) is 0 Å². The number of nitrogens with zero attached hydrogens (tertiary/aromatic N) is 2. The SMILES string of the molecule is OCC[C@H]1CN(C2CSCCSC2)CCN1Cc1ccccc1F. The average molecular weight is 371 g/mol. The molecule has 0 spiro atoms. The highest BCUT2D eigenvalue weighted by Crippen LogP contribution is 2.24. The Bertz CT molecular complexity index is 512. The fourth-order valence-corrected chi connectivity index (χ4v) is 6.17. The van der Waals surface area contributed by atoms with Crippen molar-refractivity contribution in [2.45, 2.75) is 25.0 Å². The van der Waals surface area contributed by atoms with Crippen LogP contribution in [0.5, 0.6) is 0 Å². The lowest BCUT2D eigenvalue weighted by Crippen LogP contribution is -2.56. The van der Waals surface area contributed by atoms with Gasteiger partial charge in [0.25, 0.3) is 0 Å². The lowest BCUT2D eigenvalue weighted by Gasteiger charge is -2.44. The molecule has 24 heavy (non-hydrogen) atoms. The molecule has 0 saturated carbocycles. The predicted octanol–water partition coefficient (Wildman–Crippen LogP) is 2.54. The van der Waals surface area contributed by atoms with E-state index in [0.29, 0.717) is 18.6 Å². The number of aliphatic hydroxyl groups is 1. The van der Waals surface area contributed by atoms with Crippen LogP contribution < -0.4 is 0 Å². The number of aliphatic hydroxyl groups excluding tert-OH is 1. The van der Waals surface area contributed by atoms with Gasteiger partial charge >= 0.3 is 0 Å². The summed E-state index contributed by atoms with van der Waals surface area (Å²) in [5.41, 5.74) is 0.759. The van der Waals surface area contributed by atoms with E-state index in [-0.39, 0.29) is 12.4 Å². The van der Waals surface area contributed by atoms with Crippen LogP contribution >= 0.6 is 23.5 Å². The molecular formula is C18H27FN2OS2. The van der Waals surface area contributed by atoms with Crippen molar-refractivity contribution in [1.29, 1.82) is 0 Å². The Labute approximate surface area is 153 Å². The zero-order chi connectivity index (χ0) is 16.8. The summed E-state index contributed by atoms with van der Waals surface area (Å²) in [6.07, 6.45) is 0.762. The zero-order valence-corrected chi connectivity index (χ0v) is 15.7. The standard InChI is InChI=1S/C18H27FN2OS2/c19-18-4-2-1-3-15(18)11-20-6-7-21(12-16(20)5-8-22)17-13-23-9-10-24-14-17/h1-4,16-17,22H,5-14H2/t16-/m0/s1. The van der Waals surface area contributed by atoms with Gasteiger partial charge in [-0.05, 0) is 12.5 Å². The number of piperazine rings is 1. The molecular weight excluding hydrogens is 343 g/mol. The second-order valence-corrected chi connectivity index (χ2v) is 8.83. The number of thioether (sulfide) groups is 2. The Morgan fingerprint density at radius 2 is 1.88 bits per heavy atom. The first-order valence-electron chi connectivity index (χ1n) is 8.76. The highest BCUT2D eigenvalue weighted by molar-refractivity contribution is 8.03. The Balaban J connectivity index is 1.63. The molecule has 1 aromatic rings. The van der Waals surface area contributed by atoms with Gasteiger partial charge in [-0.15, -0.1) is 0 Å². The molecule has 6 heteroatoms. The maximum Gasteiger partial charge on any atom is 0.127 e. The van der Waals surface area contributed by atoms with Crippen molar-refractivity contribution < 1.29 is 9.50 Å². The van der Waals surface area contributed by atoms with Gasteiger partial charge in [-0.2, -0.15) is 23.5 Å². The van der Waals surface area contributed by atoms with E-state index in [0.717, 1.165) is 31.6 Å². The normalized spacial score (nSPS) is 24.8. The molecule has 2 saturated heterocycles. The molecule has 0 aromatic heterocycles. The summed E-state index contributed by atoms with van der Waals surface area (Å²) in [7, 11) is 0. The van der Waals surface area contributed by atoms with E-state index in [4.69, 9.17) is 0 Å². The first-order chi connectivity index (χ1) is 11.8. The van der Waals surface area contributed by atoms with E-state index in [1.807, 2.05) is 12.1 Å². The molecule has 2 fully saturated rings. The summed E-state index contributed by atoms with van der Waals surface area (Å²) in [6.45, 7) is 3.81. The smallest absolute Gasteiger partial charge is 0.127 e. The van der Waals surface area contributed by atoms with E-state index in [1.165, 1.54) is 29.1 Å². The lowest BCUT2D eigenvalue weighted by molar-refractivity contribution is 0.0401. The largest absolute Gasteiger partial charge is 0.396 e. The molecule has 0 bridgehead atoms. The molecule has 0 aliphatic carbocycles. The van der Waals surface area contributed by atoms with Gasteiger partial charge in [0.2, 0.25) is 0 Å². The summed E-state index contributed by atoms with van der Waals surface area (Å²) >= 11 is 4.12. The minimum Gasteiger partial charge on any atom is -0.396 e. The minimum atomic E-state index is -0.126. The van der Waals surface area contributed by atoms with Crippen molar-refractivity contribution >= 4 is 23.5 Å². The van der Waals surface area contributed by atoms with Crippen molar-refractivity contribution in [1.82, 2.24) is 9.80 Å². The van der Waals surface area contributed by atoms with Crippen LogP contribution in [0.2, 0.25) is 0 Å². The van der Waals surface area contributed by atoms with Gasteiger partial charge in [-0.3, -0.25) is 9.80 Å². The number of rotatable bonds is 5. The van der Waals surface area contributed by atoms with Crippen molar-refractivity contribution in [2.75, 3.05) is 49.3 Å². The fraction of sp³-hybridized carbons (Fsp3) is 0.667. The van der Waals surface area contributed by atoms with Gasteiger partial charge in [0.05, 0.1) is 0 Å². The van der Waals surface area contributed by atoms with E-state index in [2.05, 4.69) is 33.3 Å². The highest BCUT2D eigenvalue weighted by atomic mass is 32.2. The molecule has 0 amide bonds. The van der Waals surface area contributed by atoms with Gasteiger partial charge < -0.3 is 5.11 Å². The van der Waals surface area contributed by atoms with Crippen LogP contribution in [-0.4, -0.2) is 76.2 Å². The van der Waals surface area contributed by atoms with Crippen LogP contribution in [0, 0.1) is 5.82 Å². The maximum atomic E-state index is 14.0. The second-order valence-electron chi connectivity index (χ2n) is 6.53. The first kappa shape index (κ1) is 18.5. The number of hydrogen-bond donors (Lipinski definition) is 1. The summed E-state index contributed by atoms with van der Waals surface area (Å²) in [5, 5.41) is 9.47. The summed E-state index contributed by atoms with van der Waals surface area (Å²) in [6, 6.07) is 7.99. The first-order valence-corrected chi connectivity index (χ1v) is 11.1. The summed E-state index contributed by atoms with van der Waals surface area (Å²) in [5.74, 6) is 4.82. The van der Waals surface area contributed by atoms with Crippen LogP contribution in [0.15, 0.2) is 24.3 Å². The molecule has 1 aromatic carbocycles. The molecule has 0 unspecified atom stereocenters. The monoisotopic (exact) mass is 370 g/mol. The van der Waals surface area contributed by atoms with Gasteiger partial charge in [0.15, 0.2) is 0 Å². The van der Waals surface area contributed by atoms with Gasteiger partial charge in [-0.1, -0.05) is 18.2 Å². The molecule has 3 nitrogen and oxygen atoms in total. The summed E-state index contributed by atoms with van der Waals surface area (Å²) in [4.78, 5) is 4.95. The molecule has 2 heterocycles. The van der Waals surface area contributed by atoms with Crippen molar-refractivity contribution in [2.24, 2.45) is 0 Å². The average Bonchev–Trinajstić information content (AvgIpc) is 2.88. The molecule has 1 N–H and O–H groups in total. The van der Waals surface area contributed by atoms with E-state index in [1.54, 1.807) is 6.07 Å². The quantitative estimate of drug-likeness (QED) is 0.860. The maximum absolute atomic E-state index is 14.0. The highest BCUT2D eigenvalue weighted by Gasteiger charge is 2.31. The van der Waals surface area contributed by atoms with Crippen LogP contribution in [0.1, 0.15) is 12.0 Å². The topological polar surface area (TPSA) is 26.7 Å². The molecule has 1 atom stereocenters. The van der Waals surface area contributed by atoms with E-state index in [9.17, 15) is 9.50 Å². The number of halogens is 1. The molecule has 3 rings (SSSR count). The lowest BCUT2D eigenvalue weighted by atomic mass is 10.1. The van der Waals surface area contributed by atoms with Crippen LogP contribution in [-0.2, 0) is 6.54 Å². The van der Waals surface area contributed by atoms with Crippen molar-refractivity contribution in [3.05, 3.63) is 35.6 Å². The fourth-order valence-electron chi connectivity index (χ4n) is 3.54. The third-order valence-electron chi connectivity index (χ3n) is 4.94. The van der Waals surface area contributed by atoms with Crippen LogP contribution in [0.4, 0.5) is 4.39 Å². The van der Waals surface area contributed by atoms with Crippen molar-refractivity contribution in [3.63, 3.8) is 0 Å². The summed E-state index contributed by atoms with van der Waals surface area (Å²) < 4.78 is 14.0. The molecule has 0 radical (unpaired) electrons.